The molecule has 2 saturated heterocycles. The van der Waals surface area contributed by atoms with Crippen LogP contribution >= 0.6 is 0 Å². The molecule has 0 bridgehead atoms. The summed E-state index contributed by atoms with van der Waals surface area (Å²) in [6.07, 6.45) is 5.56. The molecule has 2 heterocycles. The summed E-state index contributed by atoms with van der Waals surface area (Å²) in [5.41, 5.74) is 1.59. The summed E-state index contributed by atoms with van der Waals surface area (Å²) in [4.78, 5) is 14.8. The van der Waals surface area contributed by atoms with Gasteiger partial charge in [-0.25, -0.2) is 0 Å². The van der Waals surface area contributed by atoms with E-state index in [4.69, 9.17) is 14.2 Å². The lowest BCUT2D eigenvalue weighted by Gasteiger charge is -2.45. The van der Waals surface area contributed by atoms with E-state index in [2.05, 4.69) is 0 Å². The molecule has 4 rings (SSSR count). The molecule has 0 aromatic heterocycles. The largest absolute Gasteiger partial charge is 0.371 e. The predicted molar refractivity (Wildman–Crippen MR) is 88.8 cm³/mol. The lowest BCUT2D eigenvalue weighted by atomic mass is 9.83. The zero-order valence-corrected chi connectivity index (χ0v) is 14.0. The van der Waals surface area contributed by atoms with Crippen LogP contribution in [0.3, 0.4) is 0 Å². The minimum atomic E-state index is -0.289. The van der Waals surface area contributed by atoms with Gasteiger partial charge >= 0.3 is 0 Å². The number of morpholine rings is 1. The highest BCUT2D eigenvalue weighted by Gasteiger charge is 2.39. The highest BCUT2D eigenvalue weighted by atomic mass is 16.7. The van der Waals surface area contributed by atoms with Crippen molar-refractivity contribution >= 4 is 5.91 Å². The van der Waals surface area contributed by atoms with E-state index in [-0.39, 0.29) is 17.8 Å². The van der Waals surface area contributed by atoms with Gasteiger partial charge in [-0.1, -0.05) is 31.4 Å². The third kappa shape index (κ3) is 3.21. The van der Waals surface area contributed by atoms with Crippen LogP contribution in [0.4, 0.5) is 0 Å². The van der Waals surface area contributed by atoms with Crippen LogP contribution in [0.2, 0.25) is 0 Å². The third-order valence-corrected chi connectivity index (χ3v) is 5.35. The fraction of sp³-hybridized carbons (Fsp3) is 0.632. The van der Waals surface area contributed by atoms with Gasteiger partial charge in [0, 0.05) is 17.7 Å². The second kappa shape index (κ2) is 6.82. The maximum absolute atomic E-state index is 12.9. The molecular weight excluding hydrogens is 306 g/mol. The number of hydrogen-bond acceptors (Lipinski definition) is 4. The van der Waals surface area contributed by atoms with E-state index in [9.17, 15) is 4.79 Å². The van der Waals surface area contributed by atoms with Gasteiger partial charge in [-0.15, -0.1) is 0 Å². The van der Waals surface area contributed by atoms with E-state index in [1.807, 2.05) is 29.2 Å². The fourth-order valence-electron chi connectivity index (χ4n) is 4.03. The Morgan fingerprint density at radius 1 is 1.00 bits per heavy atom. The number of ether oxygens (including phenoxy) is 3. The Balaban J connectivity index is 1.44. The van der Waals surface area contributed by atoms with Crippen molar-refractivity contribution in [2.75, 3.05) is 32.9 Å². The normalized spacial score (nSPS) is 24.4. The molecule has 3 fully saturated rings. The van der Waals surface area contributed by atoms with Gasteiger partial charge in [-0.3, -0.25) is 4.79 Å². The standard InChI is InChI=1S/C19H25NO4/c21-17(15-4-6-16(7-5-15)18-22-12-13-23-18)20-10-11-24-19(14-20)8-2-1-3-9-19/h4-7,18H,1-3,8-14H2. The van der Waals surface area contributed by atoms with Gasteiger partial charge in [0.05, 0.1) is 32.0 Å². The Hall–Kier alpha value is -1.43. The van der Waals surface area contributed by atoms with Crippen LogP contribution in [0.1, 0.15) is 54.3 Å². The Morgan fingerprint density at radius 3 is 2.42 bits per heavy atom. The van der Waals surface area contributed by atoms with E-state index in [0.29, 0.717) is 26.4 Å². The van der Waals surface area contributed by atoms with Crippen LogP contribution in [0, 0.1) is 0 Å². The van der Waals surface area contributed by atoms with E-state index in [1.165, 1.54) is 19.3 Å². The molecule has 0 atom stereocenters. The molecule has 130 valence electrons. The average molecular weight is 331 g/mol. The van der Waals surface area contributed by atoms with Crippen LogP contribution in [0.15, 0.2) is 24.3 Å². The van der Waals surface area contributed by atoms with Gasteiger partial charge < -0.3 is 19.1 Å². The highest BCUT2D eigenvalue weighted by molar-refractivity contribution is 5.94. The number of amides is 1. The number of nitrogens with zero attached hydrogens (tertiary/aromatic N) is 1. The van der Waals surface area contributed by atoms with Crippen molar-refractivity contribution in [2.45, 2.75) is 44.0 Å². The number of carbonyl (C=O) groups excluding carboxylic acids is 1. The van der Waals surface area contributed by atoms with Gasteiger partial charge in [-0.2, -0.15) is 0 Å². The summed E-state index contributed by atoms with van der Waals surface area (Å²) in [5, 5.41) is 0. The first-order chi connectivity index (χ1) is 11.8. The van der Waals surface area contributed by atoms with Gasteiger partial charge in [0.25, 0.3) is 5.91 Å². The second-order valence-electron chi connectivity index (χ2n) is 7.01. The van der Waals surface area contributed by atoms with Crippen molar-refractivity contribution in [1.82, 2.24) is 4.90 Å². The Labute approximate surface area is 142 Å². The lowest BCUT2D eigenvalue weighted by molar-refractivity contribution is -0.117. The molecule has 1 amide bonds. The first-order valence-electron chi connectivity index (χ1n) is 9.02. The van der Waals surface area contributed by atoms with Crippen molar-refractivity contribution in [3.63, 3.8) is 0 Å². The zero-order valence-electron chi connectivity index (χ0n) is 14.0. The monoisotopic (exact) mass is 331 g/mol. The molecule has 1 aliphatic carbocycles. The molecule has 1 spiro atoms. The molecule has 5 heteroatoms. The first-order valence-corrected chi connectivity index (χ1v) is 9.02. The molecule has 1 saturated carbocycles. The van der Waals surface area contributed by atoms with Gasteiger partial charge in [0.1, 0.15) is 0 Å². The smallest absolute Gasteiger partial charge is 0.254 e. The van der Waals surface area contributed by atoms with Crippen molar-refractivity contribution in [3.8, 4) is 0 Å². The van der Waals surface area contributed by atoms with Gasteiger partial charge in [-0.05, 0) is 25.0 Å². The van der Waals surface area contributed by atoms with E-state index >= 15 is 0 Å². The van der Waals surface area contributed by atoms with Crippen molar-refractivity contribution in [3.05, 3.63) is 35.4 Å². The summed E-state index contributed by atoms with van der Waals surface area (Å²) in [6.45, 7) is 3.30. The summed E-state index contributed by atoms with van der Waals surface area (Å²) >= 11 is 0. The molecule has 0 N–H and O–H groups in total. The topological polar surface area (TPSA) is 48.0 Å². The van der Waals surface area contributed by atoms with Gasteiger partial charge in [0.2, 0.25) is 0 Å². The molecule has 0 radical (unpaired) electrons. The summed E-state index contributed by atoms with van der Waals surface area (Å²) < 4.78 is 17.1. The Bertz CT molecular complexity index is 568. The zero-order chi connectivity index (χ0) is 16.4. The summed E-state index contributed by atoms with van der Waals surface area (Å²) in [7, 11) is 0. The molecular formula is C19H25NO4. The molecule has 24 heavy (non-hydrogen) atoms. The minimum Gasteiger partial charge on any atom is -0.371 e. The number of rotatable bonds is 2. The average Bonchev–Trinajstić information content (AvgIpc) is 3.17. The van der Waals surface area contributed by atoms with Crippen molar-refractivity contribution in [1.29, 1.82) is 0 Å². The highest BCUT2D eigenvalue weighted by Crippen LogP contribution is 2.34. The first kappa shape index (κ1) is 16.1. The fourth-order valence-corrected chi connectivity index (χ4v) is 4.03. The summed E-state index contributed by atoms with van der Waals surface area (Å²) in [5.74, 6) is 0.100. The quantitative estimate of drug-likeness (QED) is 0.836. The van der Waals surface area contributed by atoms with Crippen molar-refractivity contribution < 1.29 is 19.0 Å². The minimum absolute atomic E-state index is 0.0996. The van der Waals surface area contributed by atoms with E-state index < -0.39 is 0 Å². The Morgan fingerprint density at radius 2 is 1.71 bits per heavy atom. The van der Waals surface area contributed by atoms with Crippen LogP contribution in [-0.4, -0.2) is 49.3 Å². The van der Waals surface area contributed by atoms with Crippen LogP contribution in [0.5, 0.6) is 0 Å². The molecule has 0 unspecified atom stereocenters. The molecule has 2 aliphatic heterocycles. The molecule has 1 aromatic carbocycles. The predicted octanol–water partition coefficient (Wildman–Crippen LogP) is 2.91. The SMILES string of the molecule is O=C(c1ccc(C2OCCO2)cc1)N1CCOC2(CCCCC2)C1. The molecule has 1 aromatic rings. The maximum atomic E-state index is 12.9. The molecule has 3 aliphatic rings. The van der Waals surface area contributed by atoms with Crippen molar-refractivity contribution in [2.24, 2.45) is 0 Å². The second-order valence-corrected chi connectivity index (χ2v) is 7.01. The van der Waals surface area contributed by atoms with E-state index in [0.717, 1.165) is 30.5 Å². The maximum Gasteiger partial charge on any atom is 0.254 e. The van der Waals surface area contributed by atoms with Crippen LogP contribution in [0.25, 0.3) is 0 Å². The van der Waals surface area contributed by atoms with Crippen LogP contribution in [-0.2, 0) is 14.2 Å². The Kier molecular flexibility index (Phi) is 4.57. The molecule has 5 nitrogen and oxygen atoms in total. The summed E-state index contributed by atoms with van der Waals surface area (Å²) in [6, 6.07) is 7.62. The third-order valence-electron chi connectivity index (χ3n) is 5.35. The number of carbonyl (C=O) groups is 1. The van der Waals surface area contributed by atoms with E-state index in [1.54, 1.807) is 0 Å². The van der Waals surface area contributed by atoms with Crippen LogP contribution < -0.4 is 0 Å². The van der Waals surface area contributed by atoms with Gasteiger partial charge in [0.15, 0.2) is 6.29 Å². The number of benzene rings is 1. The lowest BCUT2D eigenvalue weighted by Crippen LogP contribution is -2.54. The number of hydrogen-bond donors (Lipinski definition) is 0.